The van der Waals surface area contributed by atoms with Crippen LogP contribution in [-0.4, -0.2) is 42.6 Å². The van der Waals surface area contributed by atoms with Crippen LogP contribution in [0.15, 0.2) is 36.5 Å². The molecule has 0 atom stereocenters. The van der Waals surface area contributed by atoms with Crippen LogP contribution in [0.5, 0.6) is 0 Å². The molecule has 1 aromatic carbocycles. The summed E-state index contributed by atoms with van der Waals surface area (Å²) >= 11 is 0. The number of hydrogen-bond acceptors (Lipinski definition) is 5. The monoisotopic (exact) mass is 303 g/mol. The molecule has 0 amide bonds. The number of anilines is 1. The van der Waals surface area contributed by atoms with Gasteiger partial charge < -0.3 is 14.8 Å². The summed E-state index contributed by atoms with van der Waals surface area (Å²) in [6, 6.07) is 9.65. The molecule has 1 N–H and O–H groups in total. The van der Waals surface area contributed by atoms with Crippen molar-refractivity contribution in [2.24, 2.45) is 0 Å². The SMILES string of the molecule is CCOC(=O)c1cnn(-c2ccccc2)c1NCCCOC. The summed E-state index contributed by atoms with van der Waals surface area (Å²) < 4.78 is 11.8. The van der Waals surface area contributed by atoms with E-state index in [0.29, 0.717) is 31.1 Å². The predicted molar refractivity (Wildman–Crippen MR) is 84.5 cm³/mol. The number of carbonyl (C=O) groups is 1. The van der Waals surface area contributed by atoms with Crippen molar-refractivity contribution >= 4 is 11.8 Å². The number of para-hydroxylation sites is 1. The number of ether oxygens (including phenoxy) is 2. The highest BCUT2D eigenvalue weighted by Crippen LogP contribution is 2.21. The largest absolute Gasteiger partial charge is 0.462 e. The summed E-state index contributed by atoms with van der Waals surface area (Å²) in [5.41, 5.74) is 1.32. The summed E-state index contributed by atoms with van der Waals surface area (Å²) in [4.78, 5) is 12.1. The molecule has 0 fully saturated rings. The average Bonchev–Trinajstić information content (AvgIpc) is 2.96. The van der Waals surface area contributed by atoms with E-state index in [4.69, 9.17) is 9.47 Å². The van der Waals surface area contributed by atoms with E-state index in [1.54, 1.807) is 18.7 Å². The van der Waals surface area contributed by atoms with Crippen molar-refractivity contribution in [3.05, 3.63) is 42.1 Å². The quantitative estimate of drug-likeness (QED) is 0.599. The van der Waals surface area contributed by atoms with E-state index in [2.05, 4.69) is 10.4 Å². The van der Waals surface area contributed by atoms with Crippen molar-refractivity contribution in [3.63, 3.8) is 0 Å². The third-order valence-electron chi connectivity index (χ3n) is 3.08. The Bertz CT molecular complexity index is 596. The molecule has 1 heterocycles. The molecule has 0 aliphatic carbocycles. The van der Waals surface area contributed by atoms with Gasteiger partial charge in [0.05, 0.1) is 18.5 Å². The fraction of sp³-hybridized carbons (Fsp3) is 0.375. The van der Waals surface area contributed by atoms with Gasteiger partial charge in [0.15, 0.2) is 0 Å². The minimum absolute atomic E-state index is 0.332. The number of nitrogens with zero attached hydrogens (tertiary/aromatic N) is 2. The second-order valence-electron chi connectivity index (χ2n) is 4.65. The number of rotatable bonds is 8. The first-order valence-electron chi connectivity index (χ1n) is 7.31. The van der Waals surface area contributed by atoms with Crippen molar-refractivity contribution in [2.75, 3.05) is 32.2 Å². The number of nitrogens with one attached hydrogen (secondary N) is 1. The Morgan fingerprint density at radius 2 is 2.09 bits per heavy atom. The zero-order valence-electron chi connectivity index (χ0n) is 12.9. The van der Waals surface area contributed by atoms with E-state index in [0.717, 1.165) is 12.1 Å². The fourth-order valence-electron chi connectivity index (χ4n) is 2.07. The summed E-state index contributed by atoms with van der Waals surface area (Å²) in [5, 5.41) is 7.56. The Morgan fingerprint density at radius 3 is 2.77 bits per heavy atom. The standard InChI is InChI=1S/C16H21N3O3/c1-3-22-16(20)14-12-18-19(13-8-5-4-6-9-13)15(14)17-10-7-11-21-2/h4-6,8-9,12,17H,3,7,10-11H2,1-2H3. The van der Waals surface area contributed by atoms with Gasteiger partial charge in [-0.15, -0.1) is 0 Å². The molecule has 6 heteroatoms. The molecule has 0 bridgehead atoms. The smallest absolute Gasteiger partial charge is 0.343 e. The molecule has 6 nitrogen and oxygen atoms in total. The van der Waals surface area contributed by atoms with Crippen LogP contribution in [0.4, 0.5) is 5.82 Å². The van der Waals surface area contributed by atoms with Crippen molar-refractivity contribution in [1.29, 1.82) is 0 Å². The lowest BCUT2D eigenvalue weighted by atomic mass is 10.3. The van der Waals surface area contributed by atoms with Crippen LogP contribution < -0.4 is 5.32 Å². The number of benzene rings is 1. The van der Waals surface area contributed by atoms with Crippen LogP contribution in [-0.2, 0) is 9.47 Å². The van der Waals surface area contributed by atoms with Gasteiger partial charge in [-0.05, 0) is 25.5 Å². The average molecular weight is 303 g/mol. The maximum absolute atomic E-state index is 12.1. The van der Waals surface area contributed by atoms with Gasteiger partial charge in [0.2, 0.25) is 0 Å². The van der Waals surface area contributed by atoms with Gasteiger partial charge >= 0.3 is 5.97 Å². The molecule has 22 heavy (non-hydrogen) atoms. The number of aromatic nitrogens is 2. The molecule has 0 spiro atoms. The summed E-state index contributed by atoms with van der Waals surface area (Å²) in [6.07, 6.45) is 2.36. The molecule has 2 aromatic rings. The van der Waals surface area contributed by atoms with E-state index in [1.165, 1.54) is 6.20 Å². The van der Waals surface area contributed by atoms with Gasteiger partial charge in [0.1, 0.15) is 11.4 Å². The lowest BCUT2D eigenvalue weighted by Crippen LogP contribution is -2.13. The van der Waals surface area contributed by atoms with E-state index >= 15 is 0 Å². The summed E-state index contributed by atoms with van der Waals surface area (Å²) in [5.74, 6) is 0.264. The third kappa shape index (κ3) is 3.85. The molecule has 0 radical (unpaired) electrons. The van der Waals surface area contributed by atoms with E-state index < -0.39 is 0 Å². The van der Waals surface area contributed by atoms with Crippen LogP contribution in [0.3, 0.4) is 0 Å². The Hall–Kier alpha value is -2.34. The molecule has 2 rings (SSSR count). The van der Waals surface area contributed by atoms with Gasteiger partial charge in [-0.1, -0.05) is 18.2 Å². The molecule has 0 saturated heterocycles. The van der Waals surface area contributed by atoms with Crippen molar-refractivity contribution in [3.8, 4) is 5.69 Å². The first-order chi connectivity index (χ1) is 10.8. The molecular weight excluding hydrogens is 282 g/mol. The maximum Gasteiger partial charge on any atom is 0.343 e. The van der Waals surface area contributed by atoms with Crippen LogP contribution in [0, 0.1) is 0 Å². The minimum atomic E-state index is -0.376. The van der Waals surface area contributed by atoms with Crippen molar-refractivity contribution < 1.29 is 14.3 Å². The van der Waals surface area contributed by atoms with E-state index in [1.807, 2.05) is 30.3 Å². The molecule has 118 valence electrons. The Labute approximate surface area is 130 Å². The third-order valence-corrected chi connectivity index (χ3v) is 3.08. The Balaban J connectivity index is 2.27. The highest BCUT2D eigenvalue weighted by atomic mass is 16.5. The van der Waals surface area contributed by atoms with Gasteiger partial charge in [0.25, 0.3) is 0 Å². The second kappa shape index (κ2) is 8.19. The number of methoxy groups -OCH3 is 1. The normalized spacial score (nSPS) is 10.5. The lowest BCUT2D eigenvalue weighted by Gasteiger charge is -2.11. The second-order valence-corrected chi connectivity index (χ2v) is 4.65. The van der Waals surface area contributed by atoms with Crippen LogP contribution >= 0.6 is 0 Å². The van der Waals surface area contributed by atoms with E-state index in [9.17, 15) is 4.79 Å². The maximum atomic E-state index is 12.1. The summed E-state index contributed by atoms with van der Waals surface area (Å²) in [6.45, 7) is 3.45. The van der Waals surface area contributed by atoms with Gasteiger partial charge in [-0.2, -0.15) is 5.10 Å². The number of carbonyl (C=O) groups excluding carboxylic acids is 1. The van der Waals surface area contributed by atoms with Gasteiger partial charge in [0, 0.05) is 20.3 Å². The molecule has 0 saturated carbocycles. The zero-order chi connectivity index (χ0) is 15.8. The lowest BCUT2D eigenvalue weighted by molar-refractivity contribution is 0.0527. The number of hydrogen-bond donors (Lipinski definition) is 1. The van der Waals surface area contributed by atoms with Crippen molar-refractivity contribution in [2.45, 2.75) is 13.3 Å². The number of esters is 1. The van der Waals surface area contributed by atoms with Gasteiger partial charge in [-0.3, -0.25) is 0 Å². The molecular formula is C16H21N3O3. The molecule has 0 aliphatic rings. The van der Waals surface area contributed by atoms with Crippen LogP contribution in [0.25, 0.3) is 5.69 Å². The summed E-state index contributed by atoms with van der Waals surface area (Å²) in [7, 11) is 1.66. The Morgan fingerprint density at radius 1 is 1.32 bits per heavy atom. The van der Waals surface area contributed by atoms with Gasteiger partial charge in [-0.25, -0.2) is 9.48 Å². The molecule has 0 aliphatic heterocycles. The van der Waals surface area contributed by atoms with Crippen molar-refractivity contribution in [1.82, 2.24) is 9.78 Å². The first kappa shape index (κ1) is 16.0. The van der Waals surface area contributed by atoms with Crippen LogP contribution in [0.1, 0.15) is 23.7 Å². The topological polar surface area (TPSA) is 65.4 Å². The molecule has 0 unspecified atom stereocenters. The fourth-order valence-corrected chi connectivity index (χ4v) is 2.07. The first-order valence-corrected chi connectivity index (χ1v) is 7.31. The highest BCUT2D eigenvalue weighted by Gasteiger charge is 2.19. The minimum Gasteiger partial charge on any atom is -0.462 e. The van der Waals surface area contributed by atoms with E-state index in [-0.39, 0.29) is 5.97 Å². The zero-order valence-corrected chi connectivity index (χ0v) is 12.9. The highest BCUT2D eigenvalue weighted by molar-refractivity contribution is 5.94. The Kier molecular flexibility index (Phi) is 5.97. The van der Waals surface area contributed by atoms with Crippen LogP contribution in [0.2, 0.25) is 0 Å². The molecule has 1 aromatic heterocycles. The predicted octanol–water partition coefficient (Wildman–Crippen LogP) is 2.50.